The molecule has 4 nitrogen and oxygen atoms in total. The fraction of sp³-hybridized carbons (Fsp3) is 0. The minimum atomic E-state index is -2.89. The summed E-state index contributed by atoms with van der Waals surface area (Å²) in [7, 11) is -2.89. The molecular weight excluding hydrogens is 165 g/mol. The highest BCUT2D eigenvalue weighted by atomic mass is 31.1. The number of para-hydroxylation sites is 1. The number of benzene rings is 1. The molecule has 0 spiro atoms. The van der Waals surface area contributed by atoms with Gasteiger partial charge in [0.15, 0.2) is 0 Å². The molecule has 0 amide bonds. The van der Waals surface area contributed by atoms with Crippen molar-refractivity contribution in [3.05, 3.63) is 30.3 Å². The first kappa shape index (κ1) is 8.27. The molecule has 0 heterocycles. The smallest absolute Gasteiger partial charge is 0.325 e. The van der Waals surface area contributed by atoms with Gasteiger partial charge < -0.3 is 4.89 Å². The van der Waals surface area contributed by atoms with Crippen molar-refractivity contribution in [3.63, 3.8) is 0 Å². The van der Waals surface area contributed by atoms with E-state index < -0.39 is 8.25 Å². The molecule has 1 unspecified atom stereocenters. The minimum absolute atomic E-state index is 0.653. The normalized spacial score (nSPS) is 12.5. The van der Waals surface area contributed by atoms with Crippen molar-refractivity contribution < 1.29 is 14.1 Å². The summed E-state index contributed by atoms with van der Waals surface area (Å²) in [5.74, 6) is 0. The monoisotopic (exact) mass is 173 g/mol. The van der Waals surface area contributed by atoms with Crippen LogP contribution < -0.4 is 5.48 Å². The van der Waals surface area contributed by atoms with Crippen molar-refractivity contribution >= 4 is 13.9 Å². The van der Waals surface area contributed by atoms with Gasteiger partial charge in [0.1, 0.15) is 0 Å². The molecule has 1 aromatic carbocycles. The third-order valence-electron chi connectivity index (χ3n) is 1.03. The molecule has 0 saturated heterocycles. The first-order valence-electron chi connectivity index (χ1n) is 3.00. The number of hydrogen-bond donors (Lipinski definition) is 2. The van der Waals surface area contributed by atoms with Gasteiger partial charge in [0, 0.05) is 0 Å². The van der Waals surface area contributed by atoms with Crippen LogP contribution in [0.5, 0.6) is 0 Å². The van der Waals surface area contributed by atoms with Crippen LogP contribution in [0.3, 0.4) is 0 Å². The molecule has 0 radical (unpaired) electrons. The molecule has 1 rings (SSSR count). The van der Waals surface area contributed by atoms with Gasteiger partial charge in [0.25, 0.3) is 0 Å². The molecular formula is C6H8NO3P. The fourth-order valence-electron chi connectivity index (χ4n) is 0.609. The largest absolute Gasteiger partial charge is 0.337 e. The van der Waals surface area contributed by atoms with E-state index in [1.807, 2.05) is 6.07 Å². The Morgan fingerprint density at radius 1 is 1.36 bits per heavy atom. The van der Waals surface area contributed by atoms with Crippen LogP contribution in [0.4, 0.5) is 5.69 Å². The van der Waals surface area contributed by atoms with Gasteiger partial charge in [-0.15, -0.1) is 0 Å². The molecule has 2 N–H and O–H groups in total. The van der Waals surface area contributed by atoms with E-state index in [1.54, 1.807) is 24.3 Å². The lowest BCUT2D eigenvalue weighted by Crippen LogP contribution is -1.92. The Labute approximate surface area is 64.7 Å². The molecule has 0 aromatic heterocycles. The molecule has 60 valence electrons. The Kier molecular flexibility index (Phi) is 3.11. The molecule has 1 atom stereocenters. The van der Waals surface area contributed by atoms with Crippen LogP contribution in [-0.2, 0) is 9.19 Å². The maximum atomic E-state index is 10.1. The molecule has 0 saturated carbocycles. The topological polar surface area (TPSA) is 58.6 Å². The zero-order chi connectivity index (χ0) is 8.10. The maximum absolute atomic E-state index is 10.1. The number of rotatable bonds is 3. The highest BCUT2D eigenvalue weighted by Crippen LogP contribution is 2.16. The van der Waals surface area contributed by atoms with Crippen molar-refractivity contribution in [2.75, 3.05) is 5.48 Å². The molecule has 0 aliphatic heterocycles. The van der Waals surface area contributed by atoms with E-state index in [2.05, 4.69) is 10.1 Å². The maximum Gasteiger partial charge on any atom is 0.337 e. The minimum Gasteiger partial charge on any atom is -0.325 e. The van der Waals surface area contributed by atoms with Crippen molar-refractivity contribution in [1.82, 2.24) is 0 Å². The van der Waals surface area contributed by atoms with Crippen molar-refractivity contribution in [2.45, 2.75) is 0 Å². The highest BCUT2D eigenvalue weighted by molar-refractivity contribution is 7.32. The average molecular weight is 173 g/mol. The second-order valence-corrected chi connectivity index (χ2v) is 2.57. The summed E-state index contributed by atoms with van der Waals surface area (Å²) in [5, 5.41) is 0. The molecule has 5 heteroatoms. The number of nitrogens with one attached hydrogen (secondary N) is 1. The molecule has 11 heavy (non-hydrogen) atoms. The quantitative estimate of drug-likeness (QED) is 0.536. The highest BCUT2D eigenvalue weighted by Gasteiger charge is 1.91. The first-order chi connectivity index (χ1) is 5.29. The van der Waals surface area contributed by atoms with E-state index in [4.69, 9.17) is 4.89 Å². The van der Waals surface area contributed by atoms with Gasteiger partial charge >= 0.3 is 8.25 Å². The molecule has 0 fully saturated rings. The Bertz CT molecular complexity index is 239. The van der Waals surface area contributed by atoms with Crippen LogP contribution in [-0.4, -0.2) is 4.89 Å². The Morgan fingerprint density at radius 3 is 2.55 bits per heavy atom. The Morgan fingerprint density at radius 2 is 2.00 bits per heavy atom. The lowest BCUT2D eigenvalue weighted by Gasteiger charge is -2.01. The van der Waals surface area contributed by atoms with Crippen molar-refractivity contribution in [3.8, 4) is 0 Å². The predicted molar refractivity (Wildman–Crippen MR) is 42.4 cm³/mol. The molecule has 0 aliphatic carbocycles. The molecule has 0 aliphatic rings. The van der Waals surface area contributed by atoms with Crippen LogP contribution in [0.2, 0.25) is 0 Å². The second-order valence-electron chi connectivity index (χ2n) is 1.84. The van der Waals surface area contributed by atoms with E-state index in [0.29, 0.717) is 5.69 Å². The van der Waals surface area contributed by atoms with Gasteiger partial charge in [0.2, 0.25) is 0 Å². The van der Waals surface area contributed by atoms with E-state index in [9.17, 15) is 4.57 Å². The van der Waals surface area contributed by atoms with Gasteiger partial charge in [0.05, 0.1) is 5.69 Å². The van der Waals surface area contributed by atoms with Gasteiger partial charge in [-0.1, -0.05) is 18.2 Å². The van der Waals surface area contributed by atoms with E-state index in [1.165, 1.54) is 0 Å². The van der Waals surface area contributed by atoms with Crippen molar-refractivity contribution in [1.29, 1.82) is 0 Å². The van der Waals surface area contributed by atoms with E-state index in [0.717, 1.165) is 0 Å². The lowest BCUT2D eigenvalue weighted by atomic mass is 10.3. The summed E-state index contributed by atoms with van der Waals surface area (Å²) < 4.78 is 14.4. The van der Waals surface area contributed by atoms with Crippen LogP contribution in [0.25, 0.3) is 0 Å². The van der Waals surface area contributed by atoms with Gasteiger partial charge in [-0.25, -0.2) is 0 Å². The Hall–Kier alpha value is -0.830. The second kappa shape index (κ2) is 4.13. The van der Waals surface area contributed by atoms with Crippen molar-refractivity contribution in [2.24, 2.45) is 0 Å². The summed E-state index contributed by atoms with van der Waals surface area (Å²) in [6.45, 7) is 0. The van der Waals surface area contributed by atoms with Crippen LogP contribution in [0.1, 0.15) is 0 Å². The summed E-state index contributed by atoms with van der Waals surface area (Å²) in [4.78, 5) is 8.28. The number of hydrogen-bond acceptors (Lipinski definition) is 3. The Balaban J connectivity index is 2.45. The van der Waals surface area contributed by atoms with Crippen LogP contribution >= 0.6 is 8.25 Å². The lowest BCUT2D eigenvalue weighted by molar-refractivity contribution is 0.339. The fourth-order valence-corrected chi connectivity index (χ4v) is 0.814. The molecule has 0 bridgehead atoms. The van der Waals surface area contributed by atoms with Gasteiger partial charge in [-0.05, 0) is 12.1 Å². The zero-order valence-corrected chi connectivity index (χ0v) is 6.65. The molecule has 1 aromatic rings. The SMILES string of the molecule is O=[PH](O)ONc1ccccc1. The first-order valence-corrected chi connectivity index (χ1v) is 4.26. The predicted octanol–water partition coefficient (Wildman–Crippen LogP) is 1.41. The zero-order valence-electron chi connectivity index (χ0n) is 5.65. The van der Waals surface area contributed by atoms with E-state index >= 15 is 0 Å². The summed E-state index contributed by atoms with van der Waals surface area (Å²) in [5.41, 5.74) is 2.98. The number of anilines is 1. The van der Waals surface area contributed by atoms with Crippen LogP contribution in [0.15, 0.2) is 30.3 Å². The average Bonchev–Trinajstić information content (AvgIpc) is 2.03. The van der Waals surface area contributed by atoms with Gasteiger partial charge in [-0.2, -0.15) is 4.62 Å². The third-order valence-corrected chi connectivity index (χ3v) is 1.31. The van der Waals surface area contributed by atoms with E-state index in [-0.39, 0.29) is 0 Å². The summed E-state index contributed by atoms with van der Waals surface area (Å²) in [6.07, 6.45) is 0. The third kappa shape index (κ3) is 3.18. The van der Waals surface area contributed by atoms with Crippen LogP contribution in [0, 0.1) is 0 Å². The standard InChI is InChI=1S/C6H8NO3P/c8-11(9)10-7-6-4-2-1-3-5-6/h1-5,7,11H,(H,8,9). The summed E-state index contributed by atoms with van der Waals surface area (Å²) in [6, 6.07) is 8.88. The van der Waals surface area contributed by atoms with Gasteiger partial charge in [-0.3, -0.25) is 10.0 Å². The summed E-state index contributed by atoms with van der Waals surface area (Å²) >= 11 is 0.